The highest BCUT2D eigenvalue weighted by Crippen LogP contribution is 2.32. The largest absolute Gasteiger partial charge is 0.416 e. The summed E-state index contributed by atoms with van der Waals surface area (Å²) in [6, 6.07) is 2.99. The summed E-state index contributed by atoms with van der Waals surface area (Å²) in [4.78, 5) is 13.4. The average Bonchev–Trinajstić information content (AvgIpc) is 2.24. The van der Waals surface area contributed by atoms with E-state index in [-0.39, 0.29) is 5.56 Å². The number of carbonyl (C=O) groups excluding carboxylic acids is 1. The van der Waals surface area contributed by atoms with Gasteiger partial charge in [-0.3, -0.25) is 4.79 Å². The van der Waals surface area contributed by atoms with Crippen LogP contribution in [0, 0.1) is 0 Å². The van der Waals surface area contributed by atoms with Gasteiger partial charge in [0.15, 0.2) is 5.78 Å². The molecule has 18 heavy (non-hydrogen) atoms. The van der Waals surface area contributed by atoms with Crippen molar-refractivity contribution in [3.05, 3.63) is 46.1 Å². The van der Waals surface area contributed by atoms with Crippen molar-refractivity contribution in [3.8, 4) is 0 Å². The number of allylic oxidation sites excluding steroid dienone is 1. The highest BCUT2D eigenvalue weighted by atomic mass is 79.9. The molecule has 0 N–H and O–H groups in total. The zero-order chi connectivity index (χ0) is 13.9. The fraction of sp³-hybridized carbons (Fsp3) is 0.250. The number of ketones is 1. The van der Waals surface area contributed by atoms with Gasteiger partial charge in [-0.2, -0.15) is 13.2 Å². The average molecular weight is 322 g/mol. The van der Waals surface area contributed by atoms with Crippen LogP contribution in [0.1, 0.15) is 15.9 Å². The molecule has 6 heteroatoms. The van der Waals surface area contributed by atoms with Crippen molar-refractivity contribution in [1.82, 2.24) is 4.90 Å². The summed E-state index contributed by atoms with van der Waals surface area (Å²) in [7, 11) is 3.43. The fourth-order valence-electron chi connectivity index (χ4n) is 1.20. The summed E-state index contributed by atoms with van der Waals surface area (Å²) in [6.07, 6.45) is -1.75. The van der Waals surface area contributed by atoms with Crippen LogP contribution in [-0.2, 0) is 6.18 Å². The molecule has 0 amide bonds. The number of rotatable bonds is 3. The summed E-state index contributed by atoms with van der Waals surface area (Å²) in [5.74, 6) is -0.485. The molecule has 0 heterocycles. The van der Waals surface area contributed by atoms with Crippen LogP contribution in [0.5, 0.6) is 0 Å². The highest BCUT2D eigenvalue weighted by molar-refractivity contribution is 9.10. The van der Waals surface area contributed by atoms with Crippen LogP contribution in [0.25, 0.3) is 0 Å². The molecule has 0 fully saturated rings. The van der Waals surface area contributed by atoms with Gasteiger partial charge < -0.3 is 4.90 Å². The van der Waals surface area contributed by atoms with Gasteiger partial charge in [-0.1, -0.05) is 15.9 Å². The number of hydrogen-bond donors (Lipinski definition) is 0. The van der Waals surface area contributed by atoms with E-state index in [4.69, 9.17) is 0 Å². The van der Waals surface area contributed by atoms with E-state index in [1.165, 1.54) is 18.3 Å². The van der Waals surface area contributed by atoms with Gasteiger partial charge in [0, 0.05) is 36.4 Å². The molecule has 2 nitrogen and oxygen atoms in total. The first-order valence-corrected chi connectivity index (χ1v) is 5.77. The second-order valence-corrected chi connectivity index (χ2v) is 4.69. The maximum absolute atomic E-state index is 12.5. The van der Waals surface area contributed by atoms with Crippen LogP contribution in [-0.4, -0.2) is 24.8 Å². The van der Waals surface area contributed by atoms with E-state index in [0.29, 0.717) is 4.47 Å². The van der Waals surface area contributed by atoms with Gasteiger partial charge in [0.25, 0.3) is 0 Å². The molecule has 0 aliphatic rings. The lowest BCUT2D eigenvalue weighted by atomic mass is 10.1. The van der Waals surface area contributed by atoms with Gasteiger partial charge in [-0.25, -0.2) is 0 Å². The third kappa shape index (κ3) is 3.87. The molecule has 0 aromatic heterocycles. The lowest BCUT2D eigenvalue weighted by molar-refractivity contribution is -0.137. The molecular weight excluding hydrogens is 311 g/mol. The van der Waals surface area contributed by atoms with Gasteiger partial charge in [-0.05, 0) is 18.2 Å². The maximum Gasteiger partial charge on any atom is 0.416 e. The zero-order valence-corrected chi connectivity index (χ0v) is 11.3. The van der Waals surface area contributed by atoms with Crippen molar-refractivity contribution in [1.29, 1.82) is 0 Å². The maximum atomic E-state index is 12.5. The van der Waals surface area contributed by atoms with Gasteiger partial charge in [0.2, 0.25) is 0 Å². The lowest BCUT2D eigenvalue weighted by Gasteiger charge is -2.09. The molecule has 0 aliphatic carbocycles. The van der Waals surface area contributed by atoms with Crippen LogP contribution in [0.3, 0.4) is 0 Å². The Morgan fingerprint density at radius 1 is 1.33 bits per heavy atom. The summed E-state index contributed by atoms with van der Waals surface area (Å²) >= 11 is 3.07. The first-order valence-electron chi connectivity index (χ1n) is 4.97. The molecule has 1 aromatic rings. The normalized spacial score (nSPS) is 11.9. The summed E-state index contributed by atoms with van der Waals surface area (Å²) in [5, 5.41) is 0. The number of halogens is 4. The molecule has 1 rings (SSSR count). The second kappa shape index (κ2) is 5.56. The van der Waals surface area contributed by atoms with Crippen molar-refractivity contribution in [3.63, 3.8) is 0 Å². The van der Waals surface area contributed by atoms with E-state index in [1.807, 2.05) is 0 Å². The van der Waals surface area contributed by atoms with E-state index in [0.717, 1.165) is 12.1 Å². The molecule has 1 aromatic carbocycles. The Hall–Kier alpha value is -1.30. The molecule has 0 radical (unpaired) electrons. The summed E-state index contributed by atoms with van der Waals surface area (Å²) < 4.78 is 37.9. The van der Waals surface area contributed by atoms with Crippen LogP contribution in [0.4, 0.5) is 13.2 Å². The minimum absolute atomic E-state index is 0.0112. The Morgan fingerprint density at radius 2 is 1.94 bits per heavy atom. The molecule has 0 saturated heterocycles. The topological polar surface area (TPSA) is 20.3 Å². The minimum Gasteiger partial charge on any atom is -0.383 e. The zero-order valence-electron chi connectivity index (χ0n) is 9.75. The standard InChI is InChI=1S/C12H11BrF3NO/c1-17(2)6-5-11(18)9-7-8(12(14,15)16)3-4-10(9)13/h3-7H,1-2H3. The van der Waals surface area contributed by atoms with Crippen LogP contribution < -0.4 is 0 Å². The highest BCUT2D eigenvalue weighted by Gasteiger charge is 2.31. The quantitative estimate of drug-likeness (QED) is 0.624. The monoisotopic (exact) mass is 321 g/mol. The molecule has 0 saturated carbocycles. The molecule has 0 bridgehead atoms. The van der Waals surface area contributed by atoms with E-state index >= 15 is 0 Å². The predicted molar refractivity (Wildman–Crippen MR) is 66.3 cm³/mol. The first kappa shape index (κ1) is 14.8. The predicted octanol–water partition coefficient (Wildman–Crippen LogP) is 3.73. The Balaban J connectivity index is 3.12. The molecule has 0 aliphatic heterocycles. The number of alkyl halides is 3. The Kier molecular flexibility index (Phi) is 4.56. The van der Waals surface area contributed by atoms with Gasteiger partial charge in [0.1, 0.15) is 0 Å². The first-order chi connectivity index (χ1) is 8.21. The fourth-order valence-corrected chi connectivity index (χ4v) is 1.64. The lowest BCUT2D eigenvalue weighted by Crippen LogP contribution is -2.08. The summed E-state index contributed by atoms with van der Waals surface area (Å²) in [6.45, 7) is 0. The van der Waals surface area contributed by atoms with Crippen molar-refractivity contribution in [2.75, 3.05) is 14.1 Å². The Labute approximate surface area is 111 Å². The third-order valence-electron chi connectivity index (χ3n) is 2.08. The van der Waals surface area contributed by atoms with Gasteiger partial charge in [-0.15, -0.1) is 0 Å². The van der Waals surface area contributed by atoms with Crippen molar-refractivity contribution < 1.29 is 18.0 Å². The van der Waals surface area contributed by atoms with E-state index < -0.39 is 17.5 Å². The number of carbonyl (C=O) groups is 1. The van der Waals surface area contributed by atoms with E-state index in [9.17, 15) is 18.0 Å². The van der Waals surface area contributed by atoms with Crippen molar-refractivity contribution in [2.45, 2.75) is 6.18 Å². The van der Waals surface area contributed by atoms with Crippen molar-refractivity contribution >= 4 is 21.7 Å². The smallest absolute Gasteiger partial charge is 0.383 e. The number of nitrogens with zero attached hydrogens (tertiary/aromatic N) is 1. The Bertz CT molecular complexity index is 481. The van der Waals surface area contributed by atoms with E-state index in [2.05, 4.69) is 15.9 Å². The number of hydrogen-bond acceptors (Lipinski definition) is 2. The van der Waals surface area contributed by atoms with E-state index in [1.54, 1.807) is 19.0 Å². The van der Waals surface area contributed by atoms with Crippen LogP contribution in [0.2, 0.25) is 0 Å². The van der Waals surface area contributed by atoms with Crippen LogP contribution in [0.15, 0.2) is 34.9 Å². The minimum atomic E-state index is -4.46. The molecule has 0 unspecified atom stereocenters. The molecule has 0 atom stereocenters. The van der Waals surface area contributed by atoms with Gasteiger partial charge >= 0.3 is 6.18 Å². The second-order valence-electron chi connectivity index (χ2n) is 3.84. The summed E-state index contributed by atoms with van der Waals surface area (Å²) in [5.41, 5.74) is -0.852. The molecule has 98 valence electrons. The van der Waals surface area contributed by atoms with Crippen LogP contribution >= 0.6 is 15.9 Å². The SMILES string of the molecule is CN(C)C=CC(=O)c1cc(C(F)(F)F)ccc1Br. The van der Waals surface area contributed by atoms with Crippen molar-refractivity contribution in [2.24, 2.45) is 0 Å². The Morgan fingerprint density at radius 3 is 2.44 bits per heavy atom. The third-order valence-corrected chi connectivity index (χ3v) is 2.77. The van der Waals surface area contributed by atoms with Gasteiger partial charge in [0.05, 0.1) is 5.56 Å². The molecular formula is C12H11BrF3NO. The molecule has 0 spiro atoms. The number of benzene rings is 1.